The van der Waals surface area contributed by atoms with Crippen LogP contribution in [0.5, 0.6) is 11.5 Å². The second-order valence-corrected chi connectivity index (χ2v) is 8.78. The van der Waals surface area contributed by atoms with Gasteiger partial charge in [0.05, 0.1) is 19.4 Å². The molecule has 1 atom stereocenters. The maximum Gasteiger partial charge on any atom is 0.130 e. The number of aliphatic hydroxyl groups is 1. The Kier molecular flexibility index (Phi) is 7.17. The largest absolute Gasteiger partial charge is 0.497 e. The predicted molar refractivity (Wildman–Crippen MR) is 123 cm³/mol. The Labute approximate surface area is 190 Å². The van der Waals surface area contributed by atoms with Crippen LogP contribution in [0.4, 0.5) is 14.5 Å². The summed E-state index contributed by atoms with van der Waals surface area (Å²) >= 11 is 1.58. The summed E-state index contributed by atoms with van der Waals surface area (Å²) in [5, 5.41) is 8.77. The van der Waals surface area contributed by atoms with Gasteiger partial charge in [0.1, 0.15) is 29.7 Å². The summed E-state index contributed by atoms with van der Waals surface area (Å²) < 4.78 is 38.8. The van der Waals surface area contributed by atoms with Gasteiger partial charge >= 0.3 is 0 Å². The zero-order valence-electron chi connectivity index (χ0n) is 17.8. The predicted octanol–water partition coefficient (Wildman–Crippen LogP) is 5.59. The summed E-state index contributed by atoms with van der Waals surface area (Å²) in [7, 11) is 1.62. The molecule has 0 unspecified atom stereocenters. The standard InChI is InChI=1S/C25H25F2NO3S/c1-30-20-7-9-23-25(15-20)32-24(21-8-4-18(26)14-22(21)27)10-11-28(23)16-17-2-5-19(6-3-17)31-13-12-29/h2-9,14-15,24,29H,10-13,16H2,1H3/t24-/m1/s1. The molecule has 0 bridgehead atoms. The molecule has 0 saturated carbocycles. The van der Waals surface area contributed by atoms with Gasteiger partial charge in [-0.1, -0.05) is 18.2 Å². The second kappa shape index (κ2) is 10.2. The first-order valence-electron chi connectivity index (χ1n) is 10.4. The lowest BCUT2D eigenvalue weighted by Crippen LogP contribution is -2.24. The van der Waals surface area contributed by atoms with Gasteiger partial charge in [-0.3, -0.25) is 0 Å². The molecule has 32 heavy (non-hydrogen) atoms. The van der Waals surface area contributed by atoms with E-state index in [9.17, 15) is 8.78 Å². The molecule has 3 aromatic carbocycles. The molecule has 1 heterocycles. The Hall–Kier alpha value is -2.77. The number of fused-ring (bicyclic) bond motifs is 1. The Morgan fingerprint density at radius 2 is 1.81 bits per heavy atom. The lowest BCUT2D eigenvalue weighted by Gasteiger charge is -2.25. The van der Waals surface area contributed by atoms with Crippen molar-refractivity contribution >= 4 is 17.4 Å². The number of nitrogens with zero attached hydrogens (tertiary/aromatic N) is 1. The van der Waals surface area contributed by atoms with Crippen LogP contribution in [0.15, 0.2) is 65.6 Å². The van der Waals surface area contributed by atoms with Crippen LogP contribution >= 0.6 is 11.8 Å². The fourth-order valence-electron chi connectivity index (χ4n) is 3.80. The molecule has 0 radical (unpaired) electrons. The average Bonchev–Trinajstić information content (AvgIpc) is 2.97. The molecular formula is C25H25F2NO3S. The number of aliphatic hydroxyl groups excluding tert-OH is 1. The zero-order chi connectivity index (χ0) is 22.5. The van der Waals surface area contributed by atoms with Crippen molar-refractivity contribution in [1.82, 2.24) is 0 Å². The van der Waals surface area contributed by atoms with Crippen molar-refractivity contribution in [3.8, 4) is 11.5 Å². The van der Waals surface area contributed by atoms with E-state index in [1.807, 2.05) is 42.5 Å². The van der Waals surface area contributed by atoms with Gasteiger partial charge in [0, 0.05) is 34.9 Å². The van der Waals surface area contributed by atoms with E-state index in [0.29, 0.717) is 24.3 Å². The van der Waals surface area contributed by atoms with Crippen LogP contribution in [0.25, 0.3) is 0 Å². The Bertz CT molecular complexity index is 1060. The Morgan fingerprint density at radius 3 is 2.53 bits per heavy atom. The minimum absolute atomic E-state index is 0.0245. The highest BCUT2D eigenvalue weighted by molar-refractivity contribution is 7.99. The molecule has 0 aromatic heterocycles. The summed E-state index contributed by atoms with van der Waals surface area (Å²) in [6, 6.07) is 17.5. The summed E-state index contributed by atoms with van der Waals surface area (Å²) in [4.78, 5) is 3.27. The van der Waals surface area contributed by atoms with E-state index in [4.69, 9.17) is 14.6 Å². The Morgan fingerprint density at radius 1 is 1.03 bits per heavy atom. The van der Waals surface area contributed by atoms with E-state index in [1.54, 1.807) is 24.9 Å². The van der Waals surface area contributed by atoms with E-state index in [-0.39, 0.29) is 18.5 Å². The fraction of sp³-hybridized carbons (Fsp3) is 0.280. The molecule has 0 amide bonds. The number of methoxy groups -OCH3 is 1. The highest BCUT2D eigenvalue weighted by Crippen LogP contribution is 2.47. The molecular weight excluding hydrogens is 432 g/mol. The molecule has 3 aromatic rings. The van der Waals surface area contributed by atoms with Crippen molar-refractivity contribution in [2.75, 3.05) is 31.8 Å². The van der Waals surface area contributed by atoms with E-state index in [2.05, 4.69) is 4.90 Å². The van der Waals surface area contributed by atoms with Gasteiger partial charge in [-0.25, -0.2) is 8.78 Å². The average molecular weight is 458 g/mol. The first-order valence-corrected chi connectivity index (χ1v) is 11.3. The molecule has 1 N–H and O–H groups in total. The van der Waals surface area contributed by atoms with Crippen LogP contribution in [-0.4, -0.2) is 32.0 Å². The van der Waals surface area contributed by atoms with Gasteiger partial charge < -0.3 is 19.5 Å². The third-order valence-electron chi connectivity index (χ3n) is 5.40. The van der Waals surface area contributed by atoms with Crippen LogP contribution in [0, 0.1) is 11.6 Å². The van der Waals surface area contributed by atoms with Gasteiger partial charge in [-0.15, -0.1) is 11.8 Å². The van der Waals surface area contributed by atoms with Crippen molar-refractivity contribution in [2.24, 2.45) is 0 Å². The minimum Gasteiger partial charge on any atom is -0.497 e. The molecule has 168 valence electrons. The van der Waals surface area contributed by atoms with Crippen LogP contribution < -0.4 is 14.4 Å². The number of benzene rings is 3. The van der Waals surface area contributed by atoms with Crippen molar-refractivity contribution < 1.29 is 23.4 Å². The van der Waals surface area contributed by atoms with E-state index < -0.39 is 11.6 Å². The SMILES string of the molecule is COc1ccc2c(c1)S[C@@H](c1ccc(F)cc1F)CCN2Cc1ccc(OCCO)cc1. The smallest absolute Gasteiger partial charge is 0.130 e. The van der Waals surface area contributed by atoms with Crippen molar-refractivity contribution in [2.45, 2.75) is 23.1 Å². The molecule has 0 fully saturated rings. The number of hydrogen-bond donors (Lipinski definition) is 1. The lowest BCUT2D eigenvalue weighted by molar-refractivity contribution is 0.201. The quantitative estimate of drug-likeness (QED) is 0.501. The summed E-state index contributed by atoms with van der Waals surface area (Å²) in [5.74, 6) is 0.367. The monoisotopic (exact) mass is 457 g/mol. The van der Waals surface area contributed by atoms with E-state index in [1.165, 1.54) is 6.07 Å². The maximum absolute atomic E-state index is 14.5. The maximum atomic E-state index is 14.5. The van der Waals surface area contributed by atoms with Crippen LogP contribution in [-0.2, 0) is 6.54 Å². The molecule has 0 spiro atoms. The number of rotatable bonds is 7. The van der Waals surface area contributed by atoms with Crippen molar-refractivity contribution in [3.63, 3.8) is 0 Å². The number of anilines is 1. The lowest BCUT2D eigenvalue weighted by atomic mass is 10.1. The molecule has 1 aliphatic heterocycles. The van der Waals surface area contributed by atoms with Gasteiger partial charge in [-0.2, -0.15) is 0 Å². The second-order valence-electron chi connectivity index (χ2n) is 7.53. The molecule has 4 rings (SSSR count). The van der Waals surface area contributed by atoms with E-state index in [0.717, 1.165) is 34.5 Å². The van der Waals surface area contributed by atoms with Crippen molar-refractivity contribution in [1.29, 1.82) is 0 Å². The first-order chi connectivity index (χ1) is 15.6. The third kappa shape index (κ3) is 5.16. The van der Waals surface area contributed by atoms with Gasteiger partial charge in [0.15, 0.2) is 0 Å². The highest BCUT2D eigenvalue weighted by atomic mass is 32.2. The zero-order valence-corrected chi connectivity index (χ0v) is 18.6. The van der Waals surface area contributed by atoms with Crippen LogP contribution in [0.2, 0.25) is 0 Å². The fourth-order valence-corrected chi connectivity index (χ4v) is 5.15. The number of hydrogen-bond acceptors (Lipinski definition) is 5. The molecule has 0 saturated heterocycles. The number of halogens is 2. The van der Waals surface area contributed by atoms with E-state index >= 15 is 0 Å². The van der Waals surface area contributed by atoms with Crippen molar-refractivity contribution in [3.05, 3.63) is 83.4 Å². The van der Waals surface area contributed by atoms with Crippen LogP contribution in [0.3, 0.4) is 0 Å². The molecule has 1 aliphatic rings. The van der Waals surface area contributed by atoms with Gasteiger partial charge in [0.2, 0.25) is 0 Å². The molecule has 4 nitrogen and oxygen atoms in total. The number of ether oxygens (including phenoxy) is 2. The first kappa shape index (κ1) is 22.4. The topological polar surface area (TPSA) is 41.9 Å². The third-order valence-corrected chi connectivity index (χ3v) is 6.76. The van der Waals surface area contributed by atoms with Gasteiger partial charge in [-0.05, 0) is 48.4 Å². The highest BCUT2D eigenvalue weighted by Gasteiger charge is 2.26. The molecule has 0 aliphatic carbocycles. The number of thioether (sulfide) groups is 1. The summed E-state index contributed by atoms with van der Waals surface area (Å²) in [6.07, 6.45) is 0.710. The Balaban J connectivity index is 1.60. The summed E-state index contributed by atoms with van der Waals surface area (Å²) in [5.41, 5.74) is 2.68. The van der Waals surface area contributed by atoms with Gasteiger partial charge in [0.25, 0.3) is 0 Å². The minimum atomic E-state index is -0.569. The molecule has 7 heteroatoms. The summed E-state index contributed by atoms with van der Waals surface area (Å²) in [6.45, 7) is 1.64. The van der Waals surface area contributed by atoms with Crippen LogP contribution in [0.1, 0.15) is 22.8 Å². The normalized spacial score (nSPS) is 15.8.